The highest BCUT2D eigenvalue weighted by Crippen LogP contribution is 2.31. The zero-order valence-corrected chi connectivity index (χ0v) is 24.4. The van der Waals surface area contributed by atoms with E-state index in [1.807, 2.05) is 18.2 Å². The van der Waals surface area contributed by atoms with Gasteiger partial charge in [-0.1, -0.05) is 31.5 Å². The van der Waals surface area contributed by atoms with Gasteiger partial charge in [0.2, 0.25) is 0 Å². The Morgan fingerprint density at radius 2 is 1.67 bits per heavy atom. The van der Waals surface area contributed by atoms with E-state index < -0.39 is 17.6 Å². The molecule has 0 saturated heterocycles. The first-order valence-corrected chi connectivity index (χ1v) is 14.5. The molecule has 0 bridgehead atoms. The van der Waals surface area contributed by atoms with Crippen LogP contribution < -0.4 is 16.0 Å². The average Bonchev–Trinajstić information content (AvgIpc) is 3.06. The summed E-state index contributed by atoms with van der Waals surface area (Å²) in [5.41, 5.74) is 1.76. The van der Waals surface area contributed by atoms with Gasteiger partial charge < -0.3 is 16.0 Å². The van der Waals surface area contributed by atoms with Crippen molar-refractivity contribution in [3.63, 3.8) is 0 Å². The Labute approximate surface area is 258 Å². The Kier molecular flexibility index (Phi) is 9.79. The SMILES string of the molecule is CCCCNC[C@H](NC(=O)c1ccc2nc(NC(=O)c3cccnc3-c3ccc(C(F)(F)F)cc3)ccc2c1)c1ccccn1. The number of aromatic nitrogens is 3. The number of pyridine rings is 3. The Balaban J connectivity index is 1.30. The lowest BCUT2D eigenvalue weighted by molar-refractivity contribution is -0.137. The Morgan fingerprint density at radius 3 is 2.40 bits per heavy atom. The molecule has 11 heteroatoms. The number of rotatable bonds is 11. The van der Waals surface area contributed by atoms with Gasteiger partial charge in [-0.15, -0.1) is 0 Å². The average molecular weight is 613 g/mol. The van der Waals surface area contributed by atoms with E-state index in [0.717, 1.165) is 37.2 Å². The molecule has 1 atom stereocenters. The van der Waals surface area contributed by atoms with Crippen molar-refractivity contribution in [1.82, 2.24) is 25.6 Å². The molecule has 0 saturated carbocycles. The molecule has 3 heterocycles. The van der Waals surface area contributed by atoms with Gasteiger partial charge in [0.25, 0.3) is 11.8 Å². The van der Waals surface area contributed by atoms with Crippen LogP contribution in [-0.4, -0.2) is 39.9 Å². The third kappa shape index (κ3) is 7.87. The first-order chi connectivity index (χ1) is 21.7. The maximum atomic E-state index is 13.2. The third-order valence-corrected chi connectivity index (χ3v) is 7.14. The molecule has 3 N–H and O–H groups in total. The van der Waals surface area contributed by atoms with Gasteiger partial charge in [0.1, 0.15) is 5.82 Å². The second-order valence-electron chi connectivity index (χ2n) is 10.4. The highest BCUT2D eigenvalue weighted by Gasteiger charge is 2.30. The van der Waals surface area contributed by atoms with Crippen LogP contribution in [0, 0.1) is 0 Å². The normalized spacial score (nSPS) is 12.1. The van der Waals surface area contributed by atoms with Crippen molar-refractivity contribution in [3.05, 3.63) is 120 Å². The lowest BCUT2D eigenvalue weighted by Gasteiger charge is -2.19. The third-order valence-electron chi connectivity index (χ3n) is 7.14. The highest BCUT2D eigenvalue weighted by molar-refractivity contribution is 6.08. The number of hydrogen-bond donors (Lipinski definition) is 3. The predicted molar refractivity (Wildman–Crippen MR) is 167 cm³/mol. The van der Waals surface area contributed by atoms with Gasteiger partial charge in [-0.05, 0) is 79.7 Å². The minimum absolute atomic E-state index is 0.179. The topological polar surface area (TPSA) is 109 Å². The number of hydrogen-bond acceptors (Lipinski definition) is 6. The molecule has 5 aromatic rings. The van der Waals surface area contributed by atoms with E-state index in [0.29, 0.717) is 28.6 Å². The monoisotopic (exact) mass is 612 g/mol. The molecule has 8 nitrogen and oxygen atoms in total. The fraction of sp³-hybridized carbons (Fsp3) is 0.206. The summed E-state index contributed by atoms with van der Waals surface area (Å²) in [6.45, 7) is 3.50. The zero-order valence-electron chi connectivity index (χ0n) is 24.4. The van der Waals surface area contributed by atoms with Crippen molar-refractivity contribution in [2.45, 2.75) is 32.0 Å². The Hall–Kier alpha value is -5.16. The van der Waals surface area contributed by atoms with Crippen LogP contribution in [0.5, 0.6) is 0 Å². The number of amides is 2. The zero-order chi connectivity index (χ0) is 31.8. The maximum absolute atomic E-state index is 13.2. The number of fused-ring (bicyclic) bond motifs is 1. The lowest BCUT2D eigenvalue weighted by Crippen LogP contribution is -2.36. The fourth-order valence-electron chi connectivity index (χ4n) is 4.76. The van der Waals surface area contributed by atoms with Crippen LogP contribution in [0.4, 0.5) is 19.0 Å². The summed E-state index contributed by atoms with van der Waals surface area (Å²) < 4.78 is 39.0. The van der Waals surface area contributed by atoms with Gasteiger partial charge in [-0.3, -0.25) is 19.6 Å². The first-order valence-electron chi connectivity index (χ1n) is 14.5. The summed E-state index contributed by atoms with van der Waals surface area (Å²) in [7, 11) is 0. The molecule has 0 aliphatic carbocycles. The second kappa shape index (κ2) is 14.1. The molecule has 230 valence electrons. The largest absolute Gasteiger partial charge is 0.416 e. The number of anilines is 1. The number of halogens is 3. The van der Waals surface area contributed by atoms with Crippen LogP contribution in [0.25, 0.3) is 22.2 Å². The molecule has 5 rings (SSSR count). The molecular weight excluding hydrogens is 581 g/mol. The smallest absolute Gasteiger partial charge is 0.342 e. The number of benzene rings is 2. The summed E-state index contributed by atoms with van der Waals surface area (Å²) in [6.07, 6.45) is 0.793. The first kappa shape index (κ1) is 31.3. The van der Waals surface area contributed by atoms with E-state index in [9.17, 15) is 22.8 Å². The van der Waals surface area contributed by atoms with Gasteiger partial charge >= 0.3 is 6.18 Å². The molecule has 0 fully saturated rings. The molecule has 0 radical (unpaired) electrons. The summed E-state index contributed by atoms with van der Waals surface area (Å²) >= 11 is 0. The molecule has 45 heavy (non-hydrogen) atoms. The van der Waals surface area contributed by atoms with Crippen LogP contribution in [0.2, 0.25) is 0 Å². The summed E-state index contributed by atoms with van der Waals surface area (Å²) in [5, 5.41) is 9.89. The minimum Gasteiger partial charge on any atom is -0.342 e. The van der Waals surface area contributed by atoms with Gasteiger partial charge in [0.15, 0.2) is 0 Å². The molecule has 2 amide bonds. The van der Waals surface area contributed by atoms with Crippen molar-refractivity contribution in [3.8, 4) is 11.3 Å². The van der Waals surface area contributed by atoms with E-state index in [4.69, 9.17) is 0 Å². The number of carbonyl (C=O) groups excluding carboxylic acids is 2. The van der Waals surface area contributed by atoms with Crippen LogP contribution in [0.15, 0.2) is 97.3 Å². The quantitative estimate of drug-likeness (QED) is 0.141. The summed E-state index contributed by atoms with van der Waals surface area (Å²) in [4.78, 5) is 39.6. The van der Waals surface area contributed by atoms with Crippen molar-refractivity contribution in [2.75, 3.05) is 18.4 Å². The highest BCUT2D eigenvalue weighted by atomic mass is 19.4. The standard InChI is InChI=1S/C34H31F3N6O2/c1-2-3-17-38-21-29(28-8-4-5-18-39-28)42-32(44)24-11-15-27-23(20-24)12-16-30(41-27)43-33(45)26-7-6-19-40-31(26)22-9-13-25(14-10-22)34(35,36)37/h4-16,18-20,29,38H,2-3,17,21H2,1H3,(H,42,44)(H,41,43,45)/t29-/m0/s1. The lowest BCUT2D eigenvalue weighted by atomic mass is 10.0. The number of alkyl halides is 3. The summed E-state index contributed by atoms with van der Waals surface area (Å²) in [5.74, 6) is -0.510. The van der Waals surface area contributed by atoms with Gasteiger partial charge in [-0.25, -0.2) is 4.98 Å². The van der Waals surface area contributed by atoms with Crippen LogP contribution in [0.1, 0.15) is 57.8 Å². The van der Waals surface area contributed by atoms with E-state index >= 15 is 0 Å². The van der Waals surface area contributed by atoms with Crippen molar-refractivity contribution >= 4 is 28.5 Å². The van der Waals surface area contributed by atoms with Gasteiger partial charge in [-0.2, -0.15) is 13.2 Å². The number of nitrogens with one attached hydrogen (secondary N) is 3. The Bertz CT molecular complexity index is 1780. The molecular formula is C34H31F3N6O2. The Morgan fingerprint density at radius 1 is 0.867 bits per heavy atom. The molecule has 0 spiro atoms. The minimum atomic E-state index is -4.47. The van der Waals surface area contributed by atoms with Gasteiger partial charge in [0, 0.05) is 35.5 Å². The molecule has 0 aliphatic rings. The maximum Gasteiger partial charge on any atom is 0.416 e. The number of unbranched alkanes of at least 4 members (excludes halogenated alkanes) is 1. The number of nitrogens with zero attached hydrogens (tertiary/aromatic N) is 3. The predicted octanol–water partition coefficient (Wildman–Crippen LogP) is 6.82. The van der Waals surface area contributed by atoms with Crippen LogP contribution in [0.3, 0.4) is 0 Å². The van der Waals surface area contributed by atoms with Crippen LogP contribution in [-0.2, 0) is 6.18 Å². The van der Waals surface area contributed by atoms with Crippen molar-refractivity contribution in [2.24, 2.45) is 0 Å². The van der Waals surface area contributed by atoms with E-state index in [1.54, 1.807) is 48.7 Å². The van der Waals surface area contributed by atoms with E-state index in [2.05, 4.69) is 37.8 Å². The van der Waals surface area contributed by atoms with Crippen LogP contribution >= 0.6 is 0 Å². The molecule has 0 unspecified atom stereocenters. The van der Waals surface area contributed by atoms with E-state index in [1.165, 1.54) is 18.3 Å². The molecule has 3 aromatic heterocycles. The van der Waals surface area contributed by atoms with Gasteiger partial charge in [0.05, 0.1) is 34.1 Å². The number of carbonyl (C=O) groups is 2. The fourth-order valence-corrected chi connectivity index (χ4v) is 4.76. The van der Waals surface area contributed by atoms with E-state index in [-0.39, 0.29) is 29.0 Å². The molecule has 0 aliphatic heterocycles. The summed E-state index contributed by atoms with van der Waals surface area (Å²) in [6, 6.07) is 21.3. The van der Waals surface area contributed by atoms with Crippen molar-refractivity contribution < 1.29 is 22.8 Å². The second-order valence-corrected chi connectivity index (χ2v) is 10.4. The van der Waals surface area contributed by atoms with Crippen molar-refractivity contribution in [1.29, 1.82) is 0 Å². The molecule has 2 aromatic carbocycles.